The quantitative estimate of drug-likeness (QED) is 0.823. The number of benzene rings is 1. The summed E-state index contributed by atoms with van der Waals surface area (Å²) in [4.78, 5) is 0. The molecule has 1 aliphatic rings. The predicted octanol–water partition coefficient (Wildman–Crippen LogP) is 1.75. The Morgan fingerprint density at radius 2 is 1.95 bits per heavy atom. The second-order valence-electron chi connectivity index (χ2n) is 5.28. The van der Waals surface area contributed by atoms with E-state index < -0.39 is 0 Å². The minimum atomic E-state index is -0.106. The zero-order chi connectivity index (χ0) is 13.8. The van der Waals surface area contributed by atoms with Crippen molar-refractivity contribution in [1.82, 2.24) is 5.32 Å². The highest BCUT2D eigenvalue weighted by Gasteiger charge is 2.27. The van der Waals surface area contributed by atoms with Crippen LogP contribution in [0.1, 0.15) is 25.3 Å². The number of hydrogen-bond acceptors (Lipinski definition) is 4. The van der Waals surface area contributed by atoms with E-state index in [0.29, 0.717) is 12.1 Å². The number of ether oxygens (including phenoxy) is 2. The Labute approximate surface area is 114 Å². The van der Waals surface area contributed by atoms with E-state index in [1.807, 2.05) is 12.1 Å². The monoisotopic (exact) mass is 265 g/mol. The number of nitrogens with one attached hydrogen (secondary N) is 1. The van der Waals surface area contributed by atoms with Crippen LogP contribution >= 0.6 is 0 Å². The lowest BCUT2D eigenvalue weighted by Gasteiger charge is -2.34. The summed E-state index contributed by atoms with van der Waals surface area (Å²) in [7, 11) is 3.29. The zero-order valence-electron chi connectivity index (χ0n) is 11.8. The summed E-state index contributed by atoms with van der Waals surface area (Å²) >= 11 is 0. The average molecular weight is 265 g/mol. The van der Waals surface area contributed by atoms with Crippen molar-refractivity contribution in [2.45, 2.75) is 44.4 Å². The summed E-state index contributed by atoms with van der Waals surface area (Å²) < 4.78 is 10.5. The fraction of sp³-hybridized carbons (Fsp3) is 0.600. The topological polar surface area (TPSA) is 50.7 Å². The molecule has 0 aliphatic heterocycles. The smallest absolute Gasteiger partial charge is 0.160 e. The number of aliphatic hydroxyl groups is 1. The average Bonchev–Trinajstić information content (AvgIpc) is 2.36. The first-order chi connectivity index (χ1) is 9.12. The van der Waals surface area contributed by atoms with Gasteiger partial charge in [-0.15, -0.1) is 0 Å². The third kappa shape index (κ3) is 3.61. The molecule has 2 rings (SSSR count). The van der Waals surface area contributed by atoms with Crippen LogP contribution in [0.15, 0.2) is 18.2 Å². The molecule has 1 fully saturated rings. The molecule has 4 heteroatoms. The van der Waals surface area contributed by atoms with Crippen molar-refractivity contribution in [2.24, 2.45) is 0 Å². The van der Waals surface area contributed by atoms with Gasteiger partial charge in [-0.05, 0) is 43.9 Å². The van der Waals surface area contributed by atoms with E-state index in [-0.39, 0.29) is 6.10 Å². The SMILES string of the molecule is COc1ccc(CC(C)NC2CC(O)C2)cc1OC. The molecule has 1 atom stereocenters. The second kappa shape index (κ2) is 6.26. The lowest BCUT2D eigenvalue weighted by molar-refractivity contribution is 0.0586. The lowest BCUT2D eigenvalue weighted by atomic mass is 9.88. The maximum atomic E-state index is 9.28. The van der Waals surface area contributed by atoms with Crippen LogP contribution < -0.4 is 14.8 Å². The highest BCUT2D eigenvalue weighted by Crippen LogP contribution is 2.28. The molecular formula is C15H23NO3. The van der Waals surface area contributed by atoms with Gasteiger partial charge in [-0.2, -0.15) is 0 Å². The number of hydrogen-bond donors (Lipinski definition) is 2. The number of methoxy groups -OCH3 is 2. The Balaban J connectivity index is 1.91. The largest absolute Gasteiger partial charge is 0.493 e. The van der Waals surface area contributed by atoms with Gasteiger partial charge in [0.25, 0.3) is 0 Å². The van der Waals surface area contributed by atoms with Gasteiger partial charge in [0.1, 0.15) is 0 Å². The first-order valence-corrected chi connectivity index (χ1v) is 6.77. The summed E-state index contributed by atoms with van der Waals surface area (Å²) in [5.41, 5.74) is 1.22. The van der Waals surface area contributed by atoms with Crippen LogP contribution in [0.25, 0.3) is 0 Å². The lowest BCUT2D eigenvalue weighted by Crippen LogP contribution is -2.48. The summed E-state index contributed by atoms with van der Waals surface area (Å²) in [5.74, 6) is 1.53. The summed E-state index contributed by atoms with van der Waals surface area (Å²) in [6.45, 7) is 2.17. The normalized spacial score (nSPS) is 23.6. The molecule has 19 heavy (non-hydrogen) atoms. The first kappa shape index (κ1) is 14.2. The standard InChI is InChI=1S/C15H23NO3/c1-10(16-12-8-13(17)9-12)6-11-4-5-14(18-2)15(7-11)19-3/h4-5,7,10,12-13,16-17H,6,8-9H2,1-3H3. The van der Waals surface area contributed by atoms with E-state index in [9.17, 15) is 5.11 Å². The van der Waals surface area contributed by atoms with Gasteiger partial charge < -0.3 is 19.9 Å². The minimum absolute atomic E-state index is 0.106. The van der Waals surface area contributed by atoms with E-state index in [0.717, 1.165) is 30.8 Å². The Bertz CT molecular complexity index is 416. The van der Waals surface area contributed by atoms with Crippen molar-refractivity contribution in [2.75, 3.05) is 14.2 Å². The molecule has 1 unspecified atom stereocenters. The third-order valence-electron chi connectivity index (χ3n) is 3.62. The molecule has 1 aromatic rings. The van der Waals surface area contributed by atoms with E-state index >= 15 is 0 Å². The molecular weight excluding hydrogens is 242 g/mol. The van der Waals surface area contributed by atoms with Crippen LogP contribution in [0, 0.1) is 0 Å². The maximum absolute atomic E-state index is 9.28. The molecule has 1 aromatic carbocycles. The first-order valence-electron chi connectivity index (χ1n) is 6.77. The summed E-state index contributed by atoms with van der Waals surface area (Å²) in [6, 6.07) is 6.87. The van der Waals surface area contributed by atoms with Crippen LogP contribution in [-0.4, -0.2) is 37.5 Å². The van der Waals surface area contributed by atoms with Gasteiger partial charge in [-0.25, -0.2) is 0 Å². The second-order valence-corrected chi connectivity index (χ2v) is 5.28. The third-order valence-corrected chi connectivity index (χ3v) is 3.62. The highest BCUT2D eigenvalue weighted by molar-refractivity contribution is 5.43. The van der Waals surface area contributed by atoms with Gasteiger partial charge in [0.05, 0.1) is 20.3 Å². The van der Waals surface area contributed by atoms with Crippen LogP contribution in [0.3, 0.4) is 0 Å². The van der Waals surface area contributed by atoms with E-state index in [4.69, 9.17) is 9.47 Å². The predicted molar refractivity (Wildman–Crippen MR) is 74.9 cm³/mol. The minimum Gasteiger partial charge on any atom is -0.493 e. The van der Waals surface area contributed by atoms with Crippen LogP contribution in [0.4, 0.5) is 0 Å². The van der Waals surface area contributed by atoms with Gasteiger partial charge in [0.2, 0.25) is 0 Å². The highest BCUT2D eigenvalue weighted by atomic mass is 16.5. The molecule has 0 bridgehead atoms. The van der Waals surface area contributed by atoms with Crippen LogP contribution in [0.5, 0.6) is 11.5 Å². The molecule has 2 N–H and O–H groups in total. The van der Waals surface area contributed by atoms with Gasteiger partial charge in [0.15, 0.2) is 11.5 Å². The summed E-state index contributed by atoms with van der Waals surface area (Å²) in [6.07, 6.45) is 2.57. The molecule has 1 saturated carbocycles. The Morgan fingerprint density at radius 1 is 1.26 bits per heavy atom. The van der Waals surface area contributed by atoms with Gasteiger partial charge in [0, 0.05) is 12.1 Å². The van der Waals surface area contributed by atoms with Gasteiger partial charge >= 0.3 is 0 Å². The van der Waals surface area contributed by atoms with Crippen LogP contribution in [-0.2, 0) is 6.42 Å². The molecule has 0 saturated heterocycles. The van der Waals surface area contributed by atoms with Gasteiger partial charge in [-0.3, -0.25) is 0 Å². The molecule has 0 aromatic heterocycles. The Hall–Kier alpha value is -1.26. The van der Waals surface area contributed by atoms with E-state index in [1.165, 1.54) is 5.56 Å². The van der Waals surface area contributed by atoms with E-state index in [1.54, 1.807) is 14.2 Å². The van der Waals surface area contributed by atoms with E-state index in [2.05, 4.69) is 18.3 Å². The molecule has 0 radical (unpaired) electrons. The zero-order valence-corrected chi connectivity index (χ0v) is 11.8. The maximum Gasteiger partial charge on any atom is 0.160 e. The summed E-state index contributed by atoms with van der Waals surface area (Å²) in [5, 5.41) is 12.8. The Kier molecular flexibility index (Phi) is 4.66. The van der Waals surface area contributed by atoms with Gasteiger partial charge in [-0.1, -0.05) is 6.07 Å². The fourth-order valence-electron chi connectivity index (χ4n) is 2.55. The number of rotatable bonds is 6. The fourth-order valence-corrected chi connectivity index (χ4v) is 2.55. The van der Waals surface area contributed by atoms with Crippen molar-refractivity contribution < 1.29 is 14.6 Å². The molecule has 0 heterocycles. The van der Waals surface area contributed by atoms with Crippen molar-refractivity contribution >= 4 is 0 Å². The molecule has 0 spiro atoms. The molecule has 1 aliphatic carbocycles. The molecule has 4 nitrogen and oxygen atoms in total. The Morgan fingerprint density at radius 3 is 2.53 bits per heavy atom. The van der Waals surface area contributed by atoms with Crippen molar-refractivity contribution in [3.05, 3.63) is 23.8 Å². The van der Waals surface area contributed by atoms with Crippen molar-refractivity contribution in [1.29, 1.82) is 0 Å². The van der Waals surface area contributed by atoms with Crippen LogP contribution in [0.2, 0.25) is 0 Å². The molecule has 106 valence electrons. The molecule has 0 amide bonds. The number of aliphatic hydroxyl groups excluding tert-OH is 1. The van der Waals surface area contributed by atoms with Crippen molar-refractivity contribution in [3.8, 4) is 11.5 Å². The van der Waals surface area contributed by atoms with Crippen molar-refractivity contribution in [3.63, 3.8) is 0 Å².